The van der Waals surface area contributed by atoms with Crippen LogP contribution in [0.15, 0.2) is 97.1 Å². The summed E-state index contributed by atoms with van der Waals surface area (Å²) >= 11 is 0. The van der Waals surface area contributed by atoms with Crippen molar-refractivity contribution < 1.29 is 9.53 Å². The summed E-state index contributed by atoms with van der Waals surface area (Å²) in [4.78, 5) is 12.4. The molecule has 5 heteroatoms. The fourth-order valence-electron chi connectivity index (χ4n) is 2.64. The van der Waals surface area contributed by atoms with Gasteiger partial charge in [-0.3, -0.25) is 4.79 Å². The molecule has 0 aliphatic rings. The van der Waals surface area contributed by atoms with Crippen LogP contribution in [-0.2, 0) is 0 Å². The van der Waals surface area contributed by atoms with Crippen LogP contribution in [0.4, 0.5) is 5.69 Å². The van der Waals surface area contributed by atoms with E-state index in [1.165, 1.54) is 0 Å². The van der Waals surface area contributed by atoms with Crippen LogP contribution in [-0.4, -0.2) is 16.1 Å². The molecule has 0 saturated heterocycles. The third kappa shape index (κ3) is 4.22. The van der Waals surface area contributed by atoms with Gasteiger partial charge in [-0.05, 0) is 48.5 Å². The standard InChI is InChI=1S/C23H17N3O2/c27-23(22-16-15-21(25-26-22)17-7-3-1-4-8-17)24-18-11-13-20(14-12-18)28-19-9-5-2-6-10-19/h1-16H,(H,24,27). The molecule has 1 N–H and O–H groups in total. The van der Waals surface area contributed by atoms with Crippen molar-refractivity contribution in [2.24, 2.45) is 0 Å². The van der Waals surface area contributed by atoms with Crippen molar-refractivity contribution in [2.45, 2.75) is 0 Å². The summed E-state index contributed by atoms with van der Waals surface area (Å²) in [5.74, 6) is 1.13. The largest absolute Gasteiger partial charge is 0.457 e. The number of anilines is 1. The van der Waals surface area contributed by atoms with Gasteiger partial charge in [0.1, 0.15) is 11.5 Å². The van der Waals surface area contributed by atoms with Crippen LogP contribution in [0.3, 0.4) is 0 Å². The minimum Gasteiger partial charge on any atom is -0.457 e. The average Bonchev–Trinajstić information content (AvgIpc) is 2.76. The van der Waals surface area contributed by atoms with E-state index in [1.54, 1.807) is 36.4 Å². The third-order valence-electron chi connectivity index (χ3n) is 4.06. The fourth-order valence-corrected chi connectivity index (χ4v) is 2.64. The summed E-state index contributed by atoms with van der Waals surface area (Å²) in [5, 5.41) is 11.0. The Hall–Kier alpha value is -3.99. The van der Waals surface area contributed by atoms with Crippen LogP contribution in [0.1, 0.15) is 10.5 Å². The van der Waals surface area contributed by atoms with Gasteiger partial charge in [0.05, 0.1) is 5.69 Å². The number of benzene rings is 3. The smallest absolute Gasteiger partial charge is 0.276 e. The van der Waals surface area contributed by atoms with Gasteiger partial charge in [0.15, 0.2) is 5.69 Å². The number of aromatic nitrogens is 2. The summed E-state index contributed by atoms with van der Waals surface area (Å²) < 4.78 is 5.74. The van der Waals surface area contributed by atoms with Gasteiger partial charge in [0.2, 0.25) is 0 Å². The summed E-state index contributed by atoms with van der Waals surface area (Å²) in [7, 11) is 0. The van der Waals surface area contributed by atoms with Gasteiger partial charge in [-0.25, -0.2) is 0 Å². The van der Waals surface area contributed by atoms with E-state index in [2.05, 4.69) is 15.5 Å². The molecular weight excluding hydrogens is 350 g/mol. The van der Waals surface area contributed by atoms with Crippen LogP contribution in [0, 0.1) is 0 Å². The van der Waals surface area contributed by atoms with Crippen LogP contribution < -0.4 is 10.1 Å². The molecule has 4 rings (SSSR count). The summed E-state index contributed by atoms with van der Waals surface area (Å²) in [5.41, 5.74) is 2.58. The molecule has 136 valence electrons. The molecule has 0 aliphatic carbocycles. The number of para-hydroxylation sites is 1. The zero-order valence-corrected chi connectivity index (χ0v) is 14.9. The summed E-state index contributed by atoms with van der Waals surface area (Å²) in [6, 6.07) is 29.8. The van der Waals surface area contributed by atoms with Crippen molar-refractivity contribution >= 4 is 11.6 Å². The maximum absolute atomic E-state index is 12.4. The van der Waals surface area contributed by atoms with E-state index in [9.17, 15) is 4.79 Å². The Morgan fingerprint density at radius 2 is 1.32 bits per heavy atom. The predicted octanol–water partition coefficient (Wildman–Crippen LogP) is 5.19. The number of nitrogens with one attached hydrogen (secondary N) is 1. The van der Waals surface area contributed by atoms with Gasteiger partial charge in [0, 0.05) is 11.3 Å². The zero-order valence-electron chi connectivity index (χ0n) is 14.9. The molecule has 28 heavy (non-hydrogen) atoms. The highest BCUT2D eigenvalue weighted by molar-refractivity contribution is 6.02. The fraction of sp³-hybridized carbons (Fsp3) is 0. The lowest BCUT2D eigenvalue weighted by Crippen LogP contribution is -2.14. The quantitative estimate of drug-likeness (QED) is 0.527. The molecule has 3 aromatic carbocycles. The van der Waals surface area contributed by atoms with E-state index in [-0.39, 0.29) is 11.6 Å². The number of rotatable bonds is 5. The minimum atomic E-state index is -0.316. The molecule has 0 bridgehead atoms. The van der Waals surface area contributed by atoms with Crippen molar-refractivity contribution in [1.82, 2.24) is 10.2 Å². The van der Waals surface area contributed by atoms with Crippen molar-refractivity contribution in [1.29, 1.82) is 0 Å². The second-order valence-electron chi connectivity index (χ2n) is 6.06. The normalized spacial score (nSPS) is 10.3. The Bertz CT molecular complexity index is 1050. The molecule has 1 amide bonds. The summed E-state index contributed by atoms with van der Waals surface area (Å²) in [6.07, 6.45) is 0. The van der Waals surface area contributed by atoms with Gasteiger partial charge < -0.3 is 10.1 Å². The molecule has 0 fully saturated rings. The molecular formula is C23H17N3O2. The topological polar surface area (TPSA) is 64.1 Å². The second kappa shape index (κ2) is 8.14. The van der Waals surface area contributed by atoms with Crippen LogP contribution in [0.5, 0.6) is 11.5 Å². The number of amides is 1. The maximum atomic E-state index is 12.4. The van der Waals surface area contributed by atoms with Crippen LogP contribution >= 0.6 is 0 Å². The van der Waals surface area contributed by atoms with E-state index in [0.29, 0.717) is 11.4 Å². The average molecular weight is 367 g/mol. The Morgan fingerprint density at radius 1 is 0.679 bits per heavy atom. The van der Waals surface area contributed by atoms with E-state index < -0.39 is 0 Å². The molecule has 0 aliphatic heterocycles. The first-order valence-corrected chi connectivity index (χ1v) is 8.81. The highest BCUT2D eigenvalue weighted by Gasteiger charge is 2.09. The maximum Gasteiger partial charge on any atom is 0.276 e. The van der Waals surface area contributed by atoms with Gasteiger partial charge in [0.25, 0.3) is 5.91 Å². The van der Waals surface area contributed by atoms with E-state index >= 15 is 0 Å². The molecule has 0 unspecified atom stereocenters. The predicted molar refractivity (Wildman–Crippen MR) is 108 cm³/mol. The van der Waals surface area contributed by atoms with E-state index in [4.69, 9.17) is 4.74 Å². The first kappa shape index (κ1) is 17.4. The summed E-state index contributed by atoms with van der Waals surface area (Å²) in [6.45, 7) is 0. The van der Waals surface area contributed by atoms with Gasteiger partial charge in [-0.1, -0.05) is 48.5 Å². The number of ether oxygens (including phenoxy) is 1. The first-order valence-electron chi connectivity index (χ1n) is 8.81. The molecule has 1 heterocycles. The molecule has 0 atom stereocenters. The Balaban J connectivity index is 1.40. The highest BCUT2D eigenvalue weighted by Crippen LogP contribution is 2.23. The van der Waals surface area contributed by atoms with Crippen LogP contribution in [0.25, 0.3) is 11.3 Å². The van der Waals surface area contributed by atoms with Crippen molar-refractivity contribution in [3.63, 3.8) is 0 Å². The van der Waals surface area contributed by atoms with Gasteiger partial charge in [-0.15, -0.1) is 10.2 Å². The minimum absolute atomic E-state index is 0.254. The number of hydrogen-bond acceptors (Lipinski definition) is 4. The second-order valence-corrected chi connectivity index (χ2v) is 6.06. The molecule has 1 aromatic heterocycles. The molecule has 0 saturated carbocycles. The Morgan fingerprint density at radius 3 is 1.96 bits per heavy atom. The third-order valence-corrected chi connectivity index (χ3v) is 4.06. The number of carbonyl (C=O) groups is 1. The van der Waals surface area contributed by atoms with Gasteiger partial charge in [-0.2, -0.15) is 0 Å². The lowest BCUT2D eigenvalue weighted by molar-refractivity contribution is 0.102. The lowest BCUT2D eigenvalue weighted by Gasteiger charge is -2.08. The molecule has 0 radical (unpaired) electrons. The lowest BCUT2D eigenvalue weighted by atomic mass is 10.1. The zero-order chi connectivity index (χ0) is 19.2. The molecule has 5 nitrogen and oxygen atoms in total. The number of nitrogens with zero attached hydrogens (tertiary/aromatic N) is 2. The van der Waals surface area contributed by atoms with Crippen molar-refractivity contribution in [3.05, 3.63) is 103 Å². The Labute approximate surface area is 162 Å². The number of hydrogen-bond donors (Lipinski definition) is 1. The van der Waals surface area contributed by atoms with E-state index in [1.807, 2.05) is 60.7 Å². The molecule has 0 spiro atoms. The van der Waals surface area contributed by atoms with Gasteiger partial charge >= 0.3 is 0 Å². The van der Waals surface area contributed by atoms with Crippen molar-refractivity contribution in [3.8, 4) is 22.8 Å². The van der Waals surface area contributed by atoms with Crippen molar-refractivity contribution in [2.75, 3.05) is 5.32 Å². The highest BCUT2D eigenvalue weighted by atomic mass is 16.5. The SMILES string of the molecule is O=C(Nc1ccc(Oc2ccccc2)cc1)c1ccc(-c2ccccc2)nn1. The van der Waals surface area contributed by atoms with E-state index in [0.717, 1.165) is 17.0 Å². The van der Waals surface area contributed by atoms with Crippen LogP contribution in [0.2, 0.25) is 0 Å². The first-order chi connectivity index (χ1) is 13.8. The number of carbonyl (C=O) groups excluding carboxylic acids is 1. The Kier molecular flexibility index (Phi) is 5.06. The molecule has 4 aromatic rings. The monoisotopic (exact) mass is 367 g/mol.